The molecule has 4 nitrogen and oxygen atoms in total. The topological polar surface area (TPSA) is 66.4 Å². The van der Waals surface area contributed by atoms with Crippen molar-refractivity contribution < 1.29 is 14.7 Å². The molecule has 0 heterocycles. The predicted octanol–water partition coefficient (Wildman–Crippen LogP) is 1.44. The van der Waals surface area contributed by atoms with Gasteiger partial charge in [-0.2, -0.15) is 0 Å². The number of aliphatic hydroxyl groups is 1. The van der Waals surface area contributed by atoms with Crippen LogP contribution in [-0.2, 0) is 9.59 Å². The van der Waals surface area contributed by atoms with Crippen LogP contribution in [0.2, 0.25) is 0 Å². The summed E-state index contributed by atoms with van der Waals surface area (Å²) in [5.41, 5.74) is -0.406. The van der Waals surface area contributed by atoms with Crippen molar-refractivity contribution in [3.05, 3.63) is 12.7 Å². The number of ketones is 1. The fraction of sp³-hybridized carbons (Fsp3) is 0.692. The Morgan fingerprint density at radius 2 is 2.00 bits per heavy atom. The van der Waals surface area contributed by atoms with Gasteiger partial charge in [0.05, 0.1) is 0 Å². The summed E-state index contributed by atoms with van der Waals surface area (Å²) in [6.45, 7) is 7.53. The van der Waals surface area contributed by atoms with Crippen LogP contribution < -0.4 is 5.32 Å². The molecular formula is C13H23NO3. The van der Waals surface area contributed by atoms with Crippen molar-refractivity contribution in [3.8, 4) is 0 Å². The number of carbonyl (C=O) groups is 2. The molecule has 0 aliphatic heterocycles. The minimum atomic E-state index is -0.406. The molecule has 0 spiro atoms. The van der Waals surface area contributed by atoms with Crippen LogP contribution in [0.4, 0.5) is 0 Å². The Hall–Kier alpha value is -1.16. The maximum Gasteiger partial charge on any atom is 0.220 e. The fourth-order valence-electron chi connectivity index (χ4n) is 1.28. The van der Waals surface area contributed by atoms with Crippen LogP contribution in [0.3, 0.4) is 0 Å². The molecule has 0 aromatic heterocycles. The summed E-state index contributed by atoms with van der Waals surface area (Å²) in [7, 11) is 0. The quantitative estimate of drug-likeness (QED) is 0.600. The SMILES string of the molecule is C=CCCC(=O)CCNC(=O)CC(C)(C)CO. The lowest BCUT2D eigenvalue weighted by Gasteiger charge is -2.20. The molecule has 0 radical (unpaired) electrons. The van der Waals surface area contributed by atoms with E-state index in [-0.39, 0.29) is 24.7 Å². The highest BCUT2D eigenvalue weighted by Gasteiger charge is 2.20. The number of hydrogen-bond donors (Lipinski definition) is 2. The Bertz CT molecular complexity index is 272. The van der Waals surface area contributed by atoms with Gasteiger partial charge in [-0.3, -0.25) is 9.59 Å². The van der Waals surface area contributed by atoms with Gasteiger partial charge in [0.2, 0.25) is 5.91 Å². The first-order valence-electron chi connectivity index (χ1n) is 5.91. The summed E-state index contributed by atoms with van der Waals surface area (Å²) in [5.74, 6) is 0.00666. The molecule has 0 rings (SSSR count). The van der Waals surface area contributed by atoms with Crippen LogP contribution in [0.5, 0.6) is 0 Å². The van der Waals surface area contributed by atoms with Crippen molar-refractivity contribution in [3.63, 3.8) is 0 Å². The van der Waals surface area contributed by atoms with E-state index in [4.69, 9.17) is 5.11 Å². The molecule has 4 heteroatoms. The van der Waals surface area contributed by atoms with Crippen LogP contribution in [-0.4, -0.2) is 29.9 Å². The van der Waals surface area contributed by atoms with Gasteiger partial charge in [0.1, 0.15) is 5.78 Å². The molecule has 1 amide bonds. The van der Waals surface area contributed by atoms with Crippen molar-refractivity contribution in [1.82, 2.24) is 5.32 Å². The monoisotopic (exact) mass is 241 g/mol. The van der Waals surface area contributed by atoms with Crippen LogP contribution in [0.1, 0.15) is 39.5 Å². The van der Waals surface area contributed by atoms with Crippen molar-refractivity contribution in [2.24, 2.45) is 5.41 Å². The smallest absolute Gasteiger partial charge is 0.220 e. The third kappa shape index (κ3) is 8.63. The molecule has 0 aliphatic carbocycles. The Balaban J connectivity index is 3.71. The summed E-state index contributed by atoms with van der Waals surface area (Å²) in [4.78, 5) is 22.7. The highest BCUT2D eigenvalue weighted by atomic mass is 16.3. The first kappa shape index (κ1) is 15.8. The van der Waals surface area contributed by atoms with E-state index in [0.717, 1.165) is 0 Å². The number of hydrogen-bond acceptors (Lipinski definition) is 3. The van der Waals surface area contributed by atoms with Gasteiger partial charge in [-0.1, -0.05) is 19.9 Å². The van der Waals surface area contributed by atoms with Crippen molar-refractivity contribution in [2.45, 2.75) is 39.5 Å². The number of Topliss-reactive ketones (excluding diaryl/α,β-unsaturated/α-hetero) is 1. The molecule has 0 atom stereocenters. The van der Waals surface area contributed by atoms with E-state index in [1.807, 2.05) is 13.8 Å². The predicted molar refractivity (Wildman–Crippen MR) is 67.5 cm³/mol. The maximum absolute atomic E-state index is 11.5. The van der Waals surface area contributed by atoms with Gasteiger partial charge in [0, 0.05) is 32.4 Å². The summed E-state index contributed by atoms with van der Waals surface area (Å²) < 4.78 is 0. The highest BCUT2D eigenvalue weighted by Crippen LogP contribution is 2.18. The van der Waals surface area contributed by atoms with E-state index >= 15 is 0 Å². The molecule has 0 saturated heterocycles. The summed E-state index contributed by atoms with van der Waals surface area (Å²) in [6, 6.07) is 0. The lowest BCUT2D eigenvalue weighted by atomic mass is 9.90. The van der Waals surface area contributed by atoms with Gasteiger partial charge < -0.3 is 10.4 Å². The van der Waals surface area contributed by atoms with Gasteiger partial charge in [-0.15, -0.1) is 6.58 Å². The average Bonchev–Trinajstić information content (AvgIpc) is 2.25. The number of amides is 1. The summed E-state index contributed by atoms with van der Waals surface area (Å²) in [6.07, 6.45) is 3.51. The zero-order valence-electron chi connectivity index (χ0n) is 10.8. The van der Waals surface area contributed by atoms with Crippen LogP contribution in [0.25, 0.3) is 0 Å². The van der Waals surface area contributed by atoms with Crippen LogP contribution in [0, 0.1) is 5.41 Å². The van der Waals surface area contributed by atoms with Gasteiger partial charge >= 0.3 is 0 Å². The Morgan fingerprint density at radius 1 is 1.35 bits per heavy atom. The number of carbonyl (C=O) groups excluding carboxylic acids is 2. The van der Waals surface area contributed by atoms with Gasteiger partial charge in [0.25, 0.3) is 0 Å². The summed E-state index contributed by atoms with van der Waals surface area (Å²) >= 11 is 0. The second-order valence-electron chi connectivity index (χ2n) is 4.97. The van der Waals surface area contributed by atoms with E-state index < -0.39 is 5.41 Å². The van der Waals surface area contributed by atoms with Crippen molar-refractivity contribution in [2.75, 3.05) is 13.2 Å². The van der Waals surface area contributed by atoms with Crippen LogP contribution in [0.15, 0.2) is 12.7 Å². The van der Waals surface area contributed by atoms with Gasteiger partial charge in [-0.05, 0) is 11.8 Å². The lowest BCUT2D eigenvalue weighted by Crippen LogP contribution is -2.31. The van der Waals surface area contributed by atoms with E-state index in [9.17, 15) is 9.59 Å². The second kappa shape index (κ2) is 8.01. The zero-order valence-corrected chi connectivity index (χ0v) is 10.8. The maximum atomic E-state index is 11.5. The third-order valence-corrected chi connectivity index (χ3v) is 2.42. The standard InChI is InChI=1S/C13H23NO3/c1-4-5-6-11(16)7-8-14-12(17)9-13(2,3)10-15/h4,15H,1,5-10H2,2-3H3,(H,14,17). The molecular weight excluding hydrogens is 218 g/mol. The van der Waals surface area contributed by atoms with E-state index in [2.05, 4.69) is 11.9 Å². The summed E-state index contributed by atoms with van der Waals surface area (Å²) in [5, 5.41) is 11.7. The minimum Gasteiger partial charge on any atom is -0.396 e. The van der Waals surface area contributed by atoms with Gasteiger partial charge in [0.15, 0.2) is 0 Å². The second-order valence-corrected chi connectivity index (χ2v) is 4.97. The first-order chi connectivity index (χ1) is 7.91. The Kier molecular flexibility index (Phi) is 7.46. The molecule has 0 aromatic rings. The van der Waals surface area contributed by atoms with Gasteiger partial charge in [-0.25, -0.2) is 0 Å². The number of aliphatic hydroxyl groups excluding tert-OH is 1. The molecule has 98 valence electrons. The van der Waals surface area contributed by atoms with E-state index in [1.54, 1.807) is 6.08 Å². The molecule has 0 aromatic carbocycles. The fourth-order valence-corrected chi connectivity index (χ4v) is 1.28. The molecule has 0 saturated carbocycles. The Labute approximate surface area is 103 Å². The molecule has 17 heavy (non-hydrogen) atoms. The minimum absolute atomic E-state index is 0.0291. The zero-order chi connectivity index (χ0) is 13.3. The molecule has 0 bridgehead atoms. The van der Waals surface area contributed by atoms with E-state index in [1.165, 1.54) is 0 Å². The molecule has 0 fully saturated rings. The average molecular weight is 241 g/mol. The lowest BCUT2D eigenvalue weighted by molar-refractivity contribution is -0.123. The highest BCUT2D eigenvalue weighted by molar-refractivity contribution is 5.80. The van der Waals surface area contributed by atoms with E-state index in [0.29, 0.717) is 25.8 Å². The Morgan fingerprint density at radius 3 is 2.53 bits per heavy atom. The molecule has 2 N–H and O–H groups in total. The number of nitrogens with one attached hydrogen (secondary N) is 1. The number of rotatable bonds is 9. The van der Waals surface area contributed by atoms with Crippen LogP contribution >= 0.6 is 0 Å². The first-order valence-corrected chi connectivity index (χ1v) is 5.91. The van der Waals surface area contributed by atoms with Crippen molar-refractivity contribution in [1.29, 1.82) is 0 Å². The largest absolute Gasteiger partial charge is 0.396 e. The number of allylic oxidation sites excluding steroid dienone is 1. The molecule has 0 aliphatic rings. The normalized spacial score (nSPS) is 11.0. The third-order valence-electron chi connectivity index (χ3n) is 2.42. The van der Waals surface area contributed by atoms with Crippen molar-refractivity contribution >= 4 is 11.7 Å². The molecule has 0 unspecified atom stereocenters.